The highest BCUT2D eigenvalue weighted by Crippen LogP contribution is 2.36. The molecule has 0 saturated carbocycles. The van der Waals surface area contributed by atoms with Gasteiger partial charge in [0, 0.05) is 3.57 Å². The van der Waals surface area contributed by atoms with E-state index in [2.05, 4.69) is 115 Å². The summed E-state index contributed by atoms with van der Waals surface area (Å²) >= 11 is 2.32. The second-order valence-electron chi connectivity index (χ2n) is 11.2. The van der Waals surface area contributed by atoms with Gasteiger partial charge in [-0.05, 0) is 82.9 Å². The number of carbonyl (C=O) groups is 1. The predicted molar refractivity (Wildman–Crippen MR) is 160 cm³/mol. The first-order chi connectivity index (χ1) is 16.9. The van der Waals surface area contributed by atoms with Crippen LogP contribution in [0.5, 0.6) is 0 Å². The lowest BCUT2D eigenvalue weighted by molar-refractivity contribution is 0.0486. The van der Waals surface area contributed by atoms with E-state index in [0.29, 0.717) is 13.0 Å². The molecule has 0 heterocycles. The highest BCUT2D eigenvalue weighted by molar-refractivity contribution is 14.1. The van der Waals surface area contributed by atoms with Crippen molar-refractivity contribution >= 4 is 47.4 Å². The summed E-state index contributed by atoms with van der Waals surface area (Å²) in [5.74, 6) is 0. The Kier molecular flexibility index (Phi) is 9.41. The molecule has 0 unspecified atom stereocenters. The van der Waals surface area contributed by atoms with Gasteiger partial charge < -0.3 is 14.5 Å². The van der Waals surface area contributed by atoms with E-state index in [9.17, 15) is 4.79 Å². The van der Waals surface area contributed by atoms with Gasteiger partial charge in [-0.3, -0.25) is 0 Å². The second-order valence-corrected chi connectivity index (χ2v) is 16.7. The average molecular weight is 616 g/mol. The van der Waals surface area contributed by atoms with Gasteiger partial charge in [0.15, 0.2) is 0 Å². The first kappa shape index (κ1) is 28.4. The lowest BCUT2D eigenvalue weighted by atomic mass is 10.1. The number of alkyl carbamates (subject to hydrolysis) is 1. The minimum Gasteiger partial charge on any atom is -0.444 e. The Morgan fingerprint density at radius 2 is 1.42 bits per heavy atom. The molecule has 0 saturated heterocycles. The monoisotopic (exact) mass is 615 g/mol. The van der Waals surface area contributed by atoms with E-state index in [1.165, 1.54) is 10.4 Å². The zero-order valence-electron chi connectivity index (χ0n) is 22.2. The Morgan fingerprint density at radius 1 is 0.861 bits per heavy atom. The van der Waals surface area contributed by atoms with E-state index in [1.807, 2.05) is 39.0 Å². The molecular formula is C30H38INO3Si. The van der Waals surface area contributed by atoms with Crippen LogP contribution in [0, 0.1) is 3.57 Å². The van der Waals surface area contributed by atoms with Crippen molar-refractivity contribution in [1.29, 1.82) is 0 Å². The first-order valence-corrected chi connectivity index (χ1v) is 15.4. The van der Waals surface area contributed by atoms with Gasteiger partial charge in [-0.2, -0.15) is 0 Å². The summed E-state index contributed by atoms with van der Waals surface area (Å²) < 4.78 is 13.9. The fourth-order valence-electron chi connectivity index (χ4n) is 4.56. The maximum Gasteiger partial charge on any atom is 0.407 e. The molecule has 0 aromatic heterocycles. The second kappa shape index (κ2) is 11.9. The summed E-state index contributed by atoms with van der Waals surface area (Å²) in [5, 5.41) is 5.39. The molecule has 3 aromatic rings. The van der Waals surface area contributed by atoms with E-state index in [0.717, 1.165) is 9.13 Å². The largest absolute Gasteiger partial charge is 0.444 e. The van der Waals surface area contributed by atoms with Gasteiger partial charge >= 0.3 is 6.09 Å². The minimum atomic E-state index is -2.73. The van der Waals surface area contributed by atoms with Crippen molar-refractivity contribution in [2.45, 2.75) is 64.6 Å². The van der Waals surface area contributed by atoms with Gasteiger partial charge in [0.25, 0.3) is 8.32 Å². The fraction of sp³-hybridized carbons (Fsp3) is 0.367. The number of halogens is 1. The molecule has 0 fully saturated rings. The molecule has 1 amide bonds. The summed E-state index contributed by atoms with van der Waals surface area (Å²) in [6, 6.07) is 29.2. The topological polar surface area (TPSA) is 47.6 Å². The highest BCUT2D eigenvalue weighted by atomic mass is 127. The molecular weight excluding hydrogens is 577 g/mol. The normalized spacial score (nSPS) is 13.2. The quantitative estimate of drug-likeness (QED) is 0.239. The number of rotatable bonds is 8. The predicted octanol–water partition coefficient (Wildman–Crippen LogP) is 6.30. The molecule has 3 aromatic carbocycles. The van der Waals surface area contributed by atoms with Crippen LogP contribution in [0.2, 0.25) is 5.04 Å². The number of hydrogen-bond donors (Lipinski definition) is 1. The summed E-state index contributed by atoms with van der Waals surface area (Å²) in [6.07, 6.45) is 0.220. The van der Waals surface area contributed by atoms with Gasteiger partial charge in [0.1, 0.15) is 5.60 Å². The number of hydrogen-bond acceptors (Lipinski definition) is 3. The van der Waals surface area contributed by atoms with E-state index in [-0.39, 0.29) is 11.1 Å². The molecule has 0 spiro atoms. The van der Waals surface area contributed by atoms with Crippen LogP contribution in [0.25, 0.3) is 0 Å². The smallest absolute Gasteiger partial charge is 0.407 e. The summed E-state index contributed by atoms with van der Waals surface area (Å²) in [6.45, 7) is 12.8. The van der Waals surface area contributed by atoms with Crippen LogP contribution < -0.4 is 15.7 Å². The van der Waals surface area contributed by atoms with Crippen molar-refractivity contribution < 1.29 is 14.0 Å². The lowest BCUT2D eigenvalue weighted by Gasteiger charge is -2.43. The highest BCUT2D eigenvalue weighted by Gasteiger charge is 2.50. The molecule has 3 rings (SSSR count). The molecule has 0 bridgehead atoms. The molecule has 0 aliphatic carbocycles. The van der Waals surface area contributed by atoms with E-state index >= 15 is 0 Å². The Hall–Kier alpha value is -2.16. The third-order valence-corrected chi connectivity index (χ3v) is 11.7. The van der Waals surface area contributed by atoms with Crippen molar-refractivity contribution in [3.63, 3.8) is 0 Å². The van der Waals surface area contributed by atoms with Gasteiger partial charge in [-0.1, -0.05) is 93.6 Å². The Labute approximate surface area is 231 Å². The van der Waals surface area contributed by atoms with Crippen LogP contribution in [0.15, 0.2) is 84.9 Å². The number of nitrogens with one attached hydrogen (secondary N) is 1. The van der Waals surface area contributed by atoms with Crippen LogP contribution in [-0.4, -0.2) is 32.7 Å². The Balaban J connectivity index is 1.99. The zero-order chi connectivity index (χ0) is 26.4. The summed E-state index contributed by atoms with van der Waals surface area (Å²) in [7, 11) is -2.73. The van der Waals surface area contributed by atoms with Crippen LogP contribution in [0.1, 0.15) is 47.1 Å². The molecule has 192 valence electrons. The zero-order valence-corrected chi connectivity index (χ0v) is 25.3. The minimum absolute atomic E-state index is 0.145. The number of carbonyl (C=O) groups excluding carboxylic acids is 1. The molecule has 1 atom stereocenters. The van der Waals surface area contributed by atoms with E-state index in [4.69, 9.17) is 9.16 Å². The molecule has 0 aliphatic heterocycles. The van der Waals surface area contributed by atoms with Crippen LogP contribution in [-0.2, 0) is 15.6 Å². The maximum atomic E-state index is 12.8. The molecule has 0 aliphatic rings. The Morgan fingerprint density at radius 3 is 1.89 bits per heavy atom. The summed E-state index contributed by atoms with van der Waals surface area (Å²) in [5.41, 5.74) is 0.573. The van der Waals surface area contributed by atoms with Gasteiger partial charge in [0.05, 0.1) is 12.6 Å². The van der Waals surface area contributed by atoms with Crippen molar-refractivity contribution in [2.24, 2.45) is 0 Å². The summed E-state index contributed by atoms with van der Waals surface area (Å²) in [4.78, 5) is 12.8. The third kappa shape index (κ3) is 7.43. The first-order valence-electron chi connectivity index (χ1n) is 12.4. The van der Waals surface area contributed by atoms with Crippen molar-refractivity contribution in [3.8, 4) is 0 Å². The number of amides is 1. The Bertz CT molecular complexity index is 1080. The van der Waals surface area contributed by atoms with Crippen molar-refractivity contribution in [1.82, 2.24) is 5.32 Å². The van der Waals surface area contributed by atoms with Crippen LogP contribution in [0.4, 0.5) is 4.79 Å². The molecule has 36 heavy (non-hydrogen) atoms. The van der Waals surface area contributed by atoms with Gasteiger partial charge in [-0.25, -0.2) is 4.79 Å². The third-order valence-electron chi connectivity index (χ3n) is 6.01. The van der Waals surface area contributed by atoms with Crippen molar-refractivity contribution in [2.75, 3.05) is 6.61 Å². The molecule has 4 nitrogen and oxygen atoms in total. The fourth-order valence-corrected chi connectivity index (χ4v) is 9.78. The molecule has 0 radical (unpaired) electrons. The molecule has 6 heteroatoms. The SMILES string of the molecule is CC(C)(C)OC(=O)N[C@H](CO[Si](c1ccccc1)(c1ccccc1)C(C)(C)C)Cc1cccc(I)c1. The van der Waals surface area contributed by atoms with Crippen LogP contribution >= 0.6 is 22.6 Å². The molecule has 1 N–H and O–H groups in total. The van der Waals surface area contributed by atoms with Gasteiger partial charge in [-0.15, -0.1) is 0 Å². The van der Waals surface area contributed by atoms with Crippen molar-refractivity contribution in [3.05, 3.63) is 94.1 Å². The lowest BCUT2D eigenvalue weighted by Crippen LogP contribution is -2.67. The number of ether oxygens (including phenoxy) is 1. The maximum absolute atomic E-state index is 12.8. The van der Waals surface area contributed by atoms with Gasteiger partial charge in [0.2, 0.25) is 0 Å². The standard InChI is InChI=1S/C30H38INO3Si/c1-29(2,3)35-28(33)32-25(21-23-14-13-15-24(31)20-23)22-34-36(30(4,5)6,26-16-9-7-10-17-26)27-18-11-8-12-19-27/h7-20,25H,21-22H2,1-6H3,(H,32,33)/t25-/m0/s1. The number of benzene rings is 3. The van der Waals surface area contributed by atoms with Crippen LogP contribution in [0.3, 0.4) is 0 Å². The van der Waals surface area contributed by atoms with E-state index in [1.54, 1.807) is 0 Å². The van der Waals surface area contributed by atoms with E-state index < -0.39 is 20.0 Å². The average Bonchev–Trinajstić information content (AvgIpc) is 2.78.